The van der Waals surface area contributed by atoms with Crippen LogP contribution in [0.2, 0.25) is 0 Å². The van der Waals surface area contributed by atoms with Gasteiger partial charge in [0, 0.05) is 18.8 Å². The molecule has 26 heavy (non-hydrogen) atoms. The predicted molar refractivity (Wildman–Crippen MR) is 105 cm³/mol. The van der Waals surface area contributed by atoms with Crippen molar-refractivity contribution in [2.45, 2.75) is 24.5 Å². The number of amides is 1. The molecule has 1 aliphatic heterocycles. The molecule has 2 aromatic carbocycles. The van der Waals surface area contributed by atoms with E-state index in [0.717, 1.165) is 12.1 Å². The van der Waals surface area contributed by atoms with Gasteiger partial charge in [-0.25, -0.2) is 4.98 Å². The minimum absolute atomic E-state index is 0.0369. The lowest BCUT2D eigenvalue weighted by atomic mass is 10.1. The summed E-state index contributed by atoms with van der Waals surface area (Å²) in [5.41, 5.74) is 2.76. The molecule has 0 fully saturated rings. The average Bonchev–Trinajstić information content (AvgIpc) is 2.99. The standard InChI is InChI=1S/C20H19N3O2S/c1-13-11-14-7-3-6-10-17(14)23(13)18(24)12-26-20-21-16-9-5-4-8-15(16)19(25)22(20)2/h3-10,13H,11-12H2,1-2H3. The smallest absolute Gasteiger partial charge is 0.261 e. The first kappa shape index (κ1) is 16.8. The summed E-state index contributed by atoms with van der Waals surface area (Å²) in [5.74, 6) is 0.284. The van der Waals surface area contributed by atoms with Gasteiger partial charge in [0.2, 0.25) is 5.91 Å². The molecule has 1 amide bonds. The number of benzene rings is 2. The molecule has 4 rings (SSSR count). The molecule has 0 spiro atoms. The Hall–Kier alpha value is -2.60. The van der Waals surface area contributed by atoms with Crippen molar-refractivity contribution in [1.82, 2.24) is 9.55 Å². The Balaban J connectivity index is 1.58. The second-order valence-corrected chi connectivity index (χ2v) is 7.45. The van der Waals surface area contributed by atoms with Gasteiger partial charge in [0.15, 0.2) is 5.16 Å². The fourth-order valence-electron chi connectivity index (χ4n) is 3.47. The van der Waals surface area contributed by atoms with Crippen molar-refractivity contribution in [3.8, 4) is 0 Å². The van der Waals surface area contributed by atoms with E-state index in [4.69, 9.17) is 0 Å². The third-order valence-corrected chi connectivity index (χ3v) is 5.76. The second kappa shape index (κ2) is 6.61. The van der Waals surface area contributed by atoms with Gasteiger partial charge in [0.1, 0.15) is 0 Å². The summed E-state index contributed by atoms with van der Waals surface area (Å²) in [4.78, 5) is 31.7. The molecular formula is C20H19N3O2S. The van der Waals surface area contributed by atoms with Crippen molar-refractivity contribution in [3.63, 3.8) is 0 Å². The minimum Gasteiger partial charge on any atom is -0.308 e. The zero-order valence-corrected chi connectivity index (χ0v) is 15.5. The summed E-state index contributed by atoms with van der Waals surface area (Å²) in [7, 11) is 1.70. The highest BCUT2D eigenvalue weighted by molar-refractivity contribution is 7.99. The van der Waals surface area contributed by atoms with E-state index < -0.39 is 0 Å². The van der Waals surface area contributed by atoms with Crippen LogP contribution in [-0.4, -0.2) is 27.3 Å². The number of nitrogens with zero attached hydrogens (tertiary/aromatic N) is 3. The summed E-state index contributed by atoms with van der Waals surface area (Å²) < 4.78 is 1.52. The maximum absolute atomic E-state index is 12.8. The molecule has 1 unspecified atom stereocenters. The molecule has 1 aromatic heterocycles. The number of para-hydroxylation sites is 2. The maximum Gasteiger partial charge on any atom is 0.261 e. The number of rotatable bonds is 3. The van der Waals surface area contributed by atoms with Gasteiger partial charge in [-0.2, -0.15) is 0 Å². The largest absolute Gasteiger partial charge is 0.308 e. The molecule has 132 valence electrons. The molecule has 0 aliphatic carbocycles. The van der Waals surface area contributed by atoms with Gasteiger partial charge in [0.05, 0.1) is 16.7 Å². The quantitative estimate of drug-likeness (QED) is 0.529. The van der Waals surface area contributed by atoms with E-state index in [-0.39, 0.29) is 23.3 Å². The lowest BCUT2D eigenvalue weighted by molar-refractivity contribution is -0.116. The van der Waals surface area contributed by atoms with E-state index >= 15 is 0 Å². The van der Waals surface area contributed by atoms with E-state index in [1.54, 1.807) is 13.1 Å². The van der Waals surface area contributed by atoms with Crippen LogP contribution in [0.5, 0.6) is 0 Å². The highest BCUT2D eigenvalue weighted by Crippen LogP contribution is 2.32. The first-order valence-electron chi connectivity index (χ1n) is 8.55. The van der Waals surface area contributed by atoms with Crippen molar-refractivity contribution < 1.29 is 4.79 Å². The Labute approximate surface area is 155 Å². The first-order valence-corrected chi connectivity index (χ1v) is 9.53. The molecule has 5 nitrogen and oxygen atoms in total. The van der Waals surface area contributed by atoms with Crippen molar-refractivity contribution in [1.29, 1.82) is 0 Å². The summed E-state index contributed by atoms with van der Waals surface area (Å²) in [5, 5.41) is 1.15. The molecule has 0 saturated carbocycles. The molecule has 0 saturated heterocycles. The van der Waals surface area contributed by atoms with E-state index in [1.807, 2.05) is 41.3 Å². The number of hydrogen-bond donors (Lipinski definition) is 0. The third-order valence-electron chi connectivity index (χ3n) is 4.74. The van der Waals surface area contributed by atoms with Crippen LogP contribution in [-0.2, 0) is 18.3 Å². The number of fused-ring (bicyclic) bond motifs is 2. The van der Waals surface area contributed by atoms with Crippen LogP contribution in [0, 0.1) is 0 Å². The van der Waals surface area contributed by atoms with Crippen LogP contribution >= 0.6 is 11.8 Å². The van der Waals surface area contributed by atoms with Crippen LogP contribution in [0.4, 0.5) is 5.69 Å². The topological polar surface area (TPSA) is 55.2 Å². The molecule has 2 heterocycles. The average molecular weight is 365 g/mol. The lowest BCUT2D eigenvalue weighted by Crippen LogP contribution is -2.37. The zero-order chi connectivity index (χ0) is 18.3. The molecule has 0 N–H and O–H groups in total. The summed E-state index contributed by atoms with van der Waals surface area (Å²) >= 11 is 1.31. The summed E-state index contributed by atoms with van der Waals surface area (Å²) in [6, 6.07) is 15.4. The van der Waals surface area contributed by atoms with Gasteiger partial charge in [-0.15, -0.1) is 0 Å². The number of thioether (sulfide) groups is 1. The van der Waals surface area contributed by atoms with E-state index in [9.17, 15) is 9.59 Å². The minimum atomic E-state index is -0.0922. The SMILES string of the molecule is CC1Cc2ccccc2N1C(=O)CSc1nc2ccccc2c(=O)n1C. The Morgan fingerprint density at radius 3 is 2.77 bits per heavy atom. The van der Waals surface area contributed by atoms with Crippen molar-refractivity contribution in [2.75, 3.05) is 10.7 Å². The van der Waals surface area contributed by atoms with Crippen LogP contribution in [0.25, 0.3) is 10.9 Å². The maximum atomic E-state index is 12.8. The molecule has 1 atom stereocenters. The molecule has 0 bridgehead atoms. The van der Waals surface area contributed by atoms with E-state index in [2.05, 4.69) is 18.0 Å². The van der Waals surface area contributed by atoms with Gasteiger partial charge in [-0.05, 0) is 37.1 Å². The van der Waals surface area contributed by atoms with Gasteiger partial charge in [-0.3, -0.25) is 14.2 Å². The molecule has 6 heteroatoms. The Kier molecular flexibility index (Phi) is 4.28. The highest BCUT2D eigenvalue weighted by Gasteiger charge is 2.30. The molecule has 3 aromatic rings. The number of aromatic nitrogens is 2. The highest BCUT2D eigenvalue weighted by atomic mass is 32.2. The van der Waals surface area contributed by atoms with Crippen molar-refractivity contribution in [2.24, 2.45) is 7.05 Å². The normalized spacial score (nSPS) is 16.1. The van der Waals surface area contributed by atoms with Crippen molar-refractivity contribution >= 4 is 34.3 Å². The molecular weight excluding hydrogens is 346 g/mol. The first-order chi connectivity index (χ1) is 12.6. The zero-order valence-electron chi connectivity index (χ0n) is 14.7. The van der Waals surface area contributed by atoms with Gasteiger partial charge < -0.3 is 4.90 Å². The van der Waals surface area contributed by atoms with Crippen LogP contribution < -0.4 is 10.5 Å². The lowest BCUT2D eigenvalue weighted by Gasteiger charge is -2.22. The van der Waals surface area contributed by atoms with E-state index in [0.29, 0.717) is 16.1 Å². The Morgan fingerprint density at radius 2 is 1.92 bits per heavy atom. The second-order valence-electron chi connectivity index (χ2n) is 6.51. The molecule has 0 radical (unpaired) electrons. The summed E-state index contributed by atoms with van der Waals surface area (Å²) in [6.07, 6.45) is 0.874. The Bertz CT molecular complexity index is 1060. The van der Waals surface area contributed by atoms with Crippen LogP contribution in [0.15, 0.2) is 58.5 Å². The third kappa shape index (κ3) is 2.80. The van der Waals surface area contributed by atoms with Gasteiger partial charge in [0.25, 0.3) is 5.56 Å². The van der Waals surface area contributed by atoms with Crippen LogP contribution in [0.3, 0.4) is 0 Å². The summed E-state index contributed by atoms with van der Waals surface area (Å²) in [6.45, 7) is 2.06. The fourth-order valence-corrected chi connectivity index (χ4v) is 4.30. The predicted octanol–water partition coefficient (Wildman–Crippen LogP) is 3.00. The van der Waals surface area contributed by atoms with Crippen LogP contribution in [0.1, 0.15) is 12.5 Å². The Morgan fingerprint density at radius 1 is 1.19 bits per heavy atom. The number of carbonyl (C=O) groups is 1. The van der Waals surface area contributed by atoms with Gasteiger partial charge >= 0.3 is 0 Å². The van der Waals surface area contributed by atoms with E-state index in [1.165, 1.54) is 21.9 Å². The van der Waals surface area contributed by atoms with Crippen molar-refractivity contribution in [3.05, 3.63) is 64.4 Å². The molecule has 1 aliphatic rings. The number of anilines is 1. The number of carbonyl (C=O) groups excluding carboxylic acids is 1. The monoisotopic (exact) mass is 365 g/mol. The fraction of sp³-hybridized carbons (Fsp3) is 0.250. The van der Waals surface area contributed by atoms with Gasteiger partial charge in [-0.1, -0.05) is 42.1 Å². The number of hydrogen-bond acceptors (Lipinski definition) is 4.